The Morgan fingerprint density at radius 1 is 1.29 bits per heavy atom. The normalized spacial score (nSPS) is 10.2. The van der Waals surface area contributed by atoms with Crippen molar-refractivity contribution in [1.82, 2.24) is 4.90 Å². The largest absolute Gasteiger partial charge is 0.460 e. The molecule has 0 saturated carbocycles. The smallest absolute Gasteiger partial charge is 0.320 e. The first kappa shape index (κ1) is 10.7. The molecule has 0 fully saturated rings. The Balaban J connectivity index is 2.31. The highest BCUT2D eigenvalue weighted by molar-refractivity contribution is 5.71. The first-order valence-corrected chi connectivity index (χ1v) is 4.53. The summed E-state index contributed by atoms with van der Waals surface area (Å²) in [5, 5.41) is 0. The van der Waals surface area contributed by atoms with Crippen LogP contribution in [0, 0.1) is 0 Å². The Bertz CT molecular complexity index is 283. The highest BCUT2D eigenvalue weighted by atomic mass is 16.6. The van der Waals surface area contributed by atoms with Crippen LogP contribution in [0.25, 0.3) is 0 Å². The van der Waals surface area contributed by atoms with Crippen LogP contribution in [0.5, 0.6) is 0 Å². The van der Waals surface area contributed by atoms with E-state index in [4.69, 9.17) is 4.74 Å². The molecule has 1 aromatic carbocycles. The van der Waals surface area contributed by atoms with Gasteiger partial charge in [0.2, 0.25) is 0 Å². The van der Waals surface area contributed by atoms with E-state index < -0.39 is 0 Å². The molecule has 0 spiro atoms. The number of hydrogen-bond donors (Lipinski definition) is 0. The van der Waals surface area contributed by atoms with Crippen LogP contribution in [-0.4, -0.2) is 31.5 Å². The predicted molar refractivity (Wildman–Crippen MR) is 54.8 cm³/mol. The molecule has 1 rings (SSSR count). The van der Waals surface area contributed by atoms with Gasteiger partial charge in [-0.2, -0.15) is 0 Å². The zero-order chi connectivity index (χ0) is 10.4. The number of carbonyl (C=O) groups excluding carboxylic acids is 1. The minimum Gasteiger partial charge on any atom is -0.460 e. The summed E-state index contributed by atoms with van der Waals surface area (Å²) < 4.78 is 5.06. The van der Waals surface area contributed by atoms with Crippen molar-refractivity contribution < 1.29 is 9.53 Å². The lowest BCUT2D eigenvalue weighted by atomic mass is 10.2. The maximum atomic E-state index is 11.2. The van der Waals surface area contributed by atoms with Crippen molar-refractivity contribution in [1.29, 1.82) is 0 Å². The summed E-state index contributed by atoms with van der Waals surface area (Å²) in [6, 6.07) is 9.65. The van der Waals surface area contributed by atoms with Gasteiger partial charge < -0.3 is 4.74 Å². The molecule has 0 aliphatic rings. The fourth-order valence-electron chi connectivity index (χ4n) is 1.04. The fraction of sp³-hybridized carbons (Fsp3) is 0.364. The first-order valence-electron chi connectivity index (χ1n) is 4.53. The molecule has 0 radical (unpaired) electrons. The third kappa shape index (κ3) is 4.05. The zero-order valence-corrected chi connectivity index (χ0v) is 8.56. The van der Waals surface area contributed by atoms with Crippen LogP contribution in [0.15, 0.2) is 30.3 Å². The van der Waals surface area contributed by atoms with E-state index in [1.165, 1.54) is 0 Å². The number of carbonyl (C=O) groups is 1. The number of rotatable bonds is 4. The van der Waals surface area contributed by atoms with E-state index in [-0.39, 0.29) is 5.97 Å². The lowest BCUT2D eigenvalue weighted by Crippen LogP contribution is -2.23. The van der Waals surface area contributed by atoms with E-state index in [9.17, 15) is 4.79 Å². The molecule has 0 saturated heterocycles. The summed E-state index contributed by atoms with van der Waals surface area (Å²) in [7, 11) is 3.67. The molecule has 0 heterocycles. The minimum absolute atomic E-state index is 0.196. The van der Waals surface area contributed by atoms with Gasteiger partial charge in [0.05, 0.1) is 6.54 Å². The number of ether oxygens (including phenoxy) is 1. The topological polar surface area (TPSA) is 29.5 Å². The molecule has 14 heavy (non-hydrogen) atoms. The molecule has 0 unspecified atom stereocenters. The Kier molecular flexibility index (Phi) is 4.13. The Morgan fingerprint density at radius 3 is 2.50 bits per heavy atom. The third-order valence-electron chi connectivity index (χ3n) is 1.69. The predicted octanol–water partition coefficient (Wildman–Crippen LogP) is 1.29. The van der Waals surface area contributed by atoms with Crippen LogP contribution in [0.4, 0.5) is 0 Å². The van der Waals surface area contributed by atoms with E-state index in [1.54, 1.807) is 4.90 Å². The lowest BCUT2D eigenvalue weighted by Gasteiger charge is -2.09. The van der Waals surface area contributed by atoms with Crippen molar-refractivity contribution in [3.8, 4) is 0 Å². The van der Waals surface area contributed by atoms with Gasteiger partial charge >= 0.3 is 5.97 Å². The van der Waals surface area contributed by atoms with Crippen LogP contribution in [0.1, 0.15) is 5.56 Å². The molecule has 0 aliphatic carbocycles. The second kappa shape index (κ2) is 5.40. The van der Waals surface area contributed by atoms with Gasteiger partial charge in [-0.25, -0.2) is 0 Å². The number of benzene rings is 1. The molecule has 0 amide bonds. The van der Waals surface area contributed by atoms with Crippen LogP contribution in [0.3, 0.4) is 0 Å². The zero-order valence-electron chi connectivity index (χ0n) is 8.56. The Hall–Kier alpha value is -1.35. The molecule has 3 nitrogen and oxygen atoms in total. The molecular weight excluding hydrogens is 183 g/mol. The van der Waals surface area contributed by atoms with Crippen molar-refractivity contribution in [2.45, 2.75) is 6.61 Å². The lowest BCUT2D eigenvalue weighted by molar-refractivity contribution is -0.145. The van der Waals surface area contributed by atoms with Crippen molar-refractivity contribution in [3.05, 3.63) is 35.9 Å². The number of likely N-dealkylation sites (N-methyl/N-ethyl adjacent to an activating group) is 1. The molecule has 0 aliphatic heterocycles. The maximum absolute atomic E-state index is 11.2. The second-order valence-electron chi connectivity index (χ2n) is 3.38. The maximum Gasteiger partial charge on any atom is 0.320 e. The third-order valence-corrected chi connectivity index (χ3v) is 1.69. The van der Waals surface area contributed by atoms with Crippen LogP contribution < -0.4 is 0 Å². The van der Waals surface area contributed by atoms with E-state index in [0.29, 0.717) is 13.2 Å². The quantitative estimate of drug-likeness (QED) is 0.415. The van der Waals surface area contributed by atoms with E-state index >= 15 is 0 Å². The van der Waals surface area contributed by atoms with Crippen molar-refractivity contribution >= 4 is 5.97 Å². The molecule has 0 bridgehead atoms. The molecule has 0 aromatic heterocycles. The highest BCUT2D eigenvalue weighted by Gasteiger charge is 2.03. The molecule has 1 aromatic rings. The average Bonchev–Trinajstić information content (AvgIpc) is 2.15. The summed E-state index contributed by atoms with van der Waals surface area (Å²) in [6.45, 7) is 0.681. The fourth-order valence-corrected chi connectivity index (χ4v) is 1.04. The second-order valence-corrected chi connectivity index (χ2v) is 3.38. The summed E-state index contributed by atoms with van der Waals surface area (Å²) in [5.41, 5.74) is 1.01. The van der Waals surface area contributed by atoms with Crippen LogP contribution >= 0.6 is 0 Å². The van der Waals surface area contributed by atoms with Crippen molar-refractivity contribution in [3.63, 3.8) is 0 Å². The summed E-state index contributed by atoms with van der Waals surface area (Å²) in [6.07, 6.45) is 0. The summed E-state index contributed by atoms with van der Waals surface area (Å²) >= 11 is 0. The van der Waals surface area contributed by atoms with Crippen molar-refractivity contribution in [2.24, 2.45) is 0 Å². The average molecular weight is 198 g/mol. The van der Waals surface area contributed by atoms with E-state index in [1.807, 2.05) is 44.4 Å². The SMILES string of the molecule is [13CH3][15N]([13CH3])[13CH2][13C](=O)OCc1ccccc1. The van der Waals surface area contributed by atoms with E-state index in [2.05, 4.69) is 0 Å². The van der Waals surface area contributed by atoms with Gasteiger partial charge in [0, 0.05) is 0 Å². The first-order chi connectivity index (χ1) is 6.68. The number of nitrogens with zero attached hydrogens (tertiary/aromatic N) is 1. The van der Waals surface area contributed by atoms with Gasteiger partial charge in [0.15, 0.2) is 0 Å². The Morgan fingerprint density at radius 2 is 1.93 bits per heavy atom. The summed E-state index contributed by atoms with van der Waals surface area (Å²) in [4.78, 5) is 12.9. The number of hydrogen-bond acceptors (Lipinski definition) is 3. The van der Waals surface area contributed by atoms with Crippen LogP contribution in [-0.2, 0) is 16.1 Å². The highest BCUT2D eigenvalue weighted by Crippen LogP contribution is 2.00. The van der Waals surface area contributed by atoms with Crippen LogP contribution in [0.2, 0.25) is 0 Å². The molecular formula is C11H15NO2. The van der Waals surface area contributed by atoms with Gasteiger partial charge in [-0.3, -0.25) is 9.69 Å². The molecule has 3 heteroatoms. The van der Waals surface area contributed by atoms with Gasteiger partial charge in [-0.15, -0.1) is 0 Å². The van der Waals surface area contributed by atoms with Crippen molar-refractivity contribution in [2.75, 3.05) is 20.6 Å². The Labute approximate surface area is 84.3 Å². The monoisotopic (exact) mass is 198 g/mol. The van der Waals surface area contributed by atoms with Gasteiger partial charge in [0.25, 0.3) is 0 Å². The molecule has 0 N–H and O–H groups in total. The standard InChI is InChI=1S/C11H15NO2/c1-12(2)8-11(13)14-9-10-6-4-3-5-7-10/h3-7H,8-9H2,1-2H3/i1+1,2+1,8+1,11+1,12+1. The minimum atomic E-state index is -0.196. The van der Waals surface area contributed by atoms with Gasteiger partial charge in [0.1, 0.15) is 6.61 Å². The summed E-state index contributed by atoms with van der Waals surface area (Å²) in [5.74, 6) is -0.196. The van der Waals surface area contributed by atoms with E-state index in [0.717, 1.165) is 5.56 Å². The van der Waals surface area contributed by atoms with Gasteiger partial charge in [-0.1, -0.05) is 30.3 Å². The van der Waals surface area contributed by atoms with Gasteiger partial charge in [-0.05, 0) is 19.7 Å². The molecule has 76 valence electrons. The molecule has 0 atom stereocenters. The number of esters is 1.